The molecule has 1 aliphatic carbocycles. The highest BCUT2D eigenvalue weighted by molar-refractivity contribution is 8.00. The number of nitrogens with zero attached hydrogens (tertiary/aromatic N) is 1. The summed E-state index contributed by atoms with van der Waals surface area (Å²) in [5, 5.41) is 2.84. The van der Waals surface area contributed by atoms with E-state index in [1.165, 1.54) is 35.1 Å². The molecular weight excluding hydrogens is 339 g/mol. The van der Waals surface area contributed by atoms with Gasteiger partial charge >= 0.3 is 0 Å². The fraction of sp³-hybridized carbons (Fsp3) is 0.533. The number of sulfonamides is 1. The molecule has 1 heterocycles. The van der Waals surface area contributed by atoms with Crippen molar-refractivity contribution in [2.24, 2.45) is 5.92 Å². The maximum Gasteiger partial charge on any atom is 0.244 e. The predicted molar refractivity (Wildman–Crippen MR) is 87.0 cm³/mol. The molecule has 0 aromatic heterocycles. The van der Waals surface area contributed by atoms with Crippen LogP contribution in [-0.2, 0) is 14.8 Å². The highest BCUT2D eigenvalue weighted by atomic mass is 32.2. The van der Waals surface area contributed by atoms with Crippen molar-refractivity contribution in [1.82, 2.24) is 9.62 Å². The molecular formula is C15H19FN2O3S2. The predicted octanol–water partition coefficient (Wildman–Crippen LogP) is 1.72. The smallest absolute Gasteiger partial charge is 0.244 e. The highest BCUT2D eigenvalue weighted by Crippen LogP contribution is 2.30. The quantitative estimate of drug-likeness (QED) is 0.870. The van der Waals surface area contributed by atoms with Crippen LogP contribution in [0.2, 0.25) is 0 Å². The molecule has 1 amide bonds. The van der Waals surface area contributed by atoms with Crippen LogP contribution in [0.5, 0.6) is 0 Å². The summed E-state index contributed by atoms with van der Waals surface area (Å²) in [5.41, 5.74) is 0.271. The number of carbonyl (C=O) groups excluding carboxylic acids is 1. The third kappa shape index (κ3) is 3.54. The van der Waals surface area contributed by atoms with Gasteiger partial charge in [0.2, 0.25) is 15.9 Å². The molecule has 5 nitrogen and oxygen atoms in total. The van der Waals surface area contributed by atoms with E-state index < -0.39 is 21.9 Å². The van der Waals surface area contributed by atoms with E-state index in [-0.39, 0.29) is 22.2 Å². The van der Waals surface area contributed by atoms with Gasteiger partial charge in [-0.05, 0) is 49.4 Å². The molecule has 1 unspecified atom stereocenters. The molecule has 1 N–H and O–H groups in total. The lowest BCUT2D eigenvalue weighted by atomic mass is 10.2. The second kappa shape index (κ2) is 6.41. The van der Waals surface area contributed by atoms with Crippen molar-refractivity contribution < 1.29 is 17.6 Å². The number of hydrogen-bond donors (Lipinski definition) is 1. The zero-order valence-corrected chi connectivity index (χ0v) is 14.4. The van der Waals surface area contributed by atoms with Gasteiger partial charge in [0.05, 0.1) is 10.8 Å². The van der Waals surface area contributed by atoms with Crippen LogP contribution in [-0.4, -0.2) is 42.8 Å². The summed E-state index contributed by atoms with van der Waals surface area (Å²) in [4.78, 5) is 12.3. The number of carbonyl (C=O) groups is 1. The van der Waals surface area contributed by atoms with Crippen molar-refractivity contribution >= 4 is 27.7 Å². The third-order valence-electron chi connectivity index (χ3n) is 4.14. The number of thioether (sulfide) groups is 1. The number of benzene rings is 1. The first-order valence-corrected chi connectivity index (χ1v) is 10.1. The van der Waals surface area contributed by atoms with Crippen LogP contribution in [0.25, 0.3) is 0 Å². The highest BCUT2D eigenvalue weighted by Gasteiger charge is 2.40. The zero-order valence-electron chi connectivity index (χ0n) is 12.8. The van der Waals surface area contributed by atoms with Crippen LogP contribution < -0.4 is 5.32 Å². The van der Waals surface area contributed by atoms with Crippen molar-refractivity contribution in [1.29, 1.82) is 0 Å². The Hall–Kier alpha value is -1.12. The molecule has 2 fully saturated rings. The Balaban J connectivity index is 1.79. The van der Waals surface area contributed by atoms with E-state index in [0.29, 0.717) is 18.2 Å². The second-order valence-electron chi connectivity index (χ2n) is 6.01. The first-order chi connectivity index (χ1) is 10.9. The fourth-order valence-electron chi connectivity index (χ4n) is 2.47. The summed E-state index contributed by atoms with van der Waals surface area (Å²) >= 11 is 1.41. The molecule has 23 heavy (non-hydrogen) atoms. The van der Waals surface area contributed by atoms with Gasteiger partial charge in [0.1, 0.15) is 11.9 Å². The van der Waals surface area contributed by atoms with Gasteiger partial charge < -0.3 is 5.32 Å². The topological polar surface area (TPSA) is 66.5 Å². The molecule has 0 spiro atoms. The Morgan fingerprint density at radius 3 is 2.83 bits per heavy atom. The Morgan fingerprint density at radius 2 is 2.17 bits per heavy atom. The summed E-state index contributed by atoms with van der Waals surface area (Å²) in [5.74, 6) is 0.525. The first kappa shape index (κ1) is 16.7. The first-order valence-electron chi connectivity index (χ1n) is 7.53. The molecule has 2 aliphatic rings. The molecule has 0 bridgehead atoms. The number of aryl methyl sites for hydroxylation is 1. The number of hydrogen-bond acceptors (Lipinski definition) is 4. The number of halogens is 1. The van der Waals surface area contributed by atoms with E-state index >= 15 is 0 Å². The van der Waals surface area contributed by atoms with Gasteiger partial charge in [0.15, 0.2) is 0 Å². The van der Waals surface area contributed by atoms with Gasteiger partial charge in [-0.25, -0.2) is 12.8 Å². The molecule has 1 saturated heterocycles. The van der Waals surface area contributed by atoms with Crippen LogP contribution in [0.15, 0.2) is 23.1 Å². The second-order valence-corrected chi connectivity index (χ2v) is 8.90. The van der Waals surface area contributed by atoms with Crippen LogP contribution in [0.4, 0.5) is 4.39 Å². The Bertz CT molecular complexity index is 719. The summed E-state index contributed by atoms with van der Waals surface area (Å²) in [6.07, 6.45) is 2.24. The van der Waals surface area contributed by atoms with Gasteiger partial charge in [-0.15, -0.1) is 11.8 Å². The molecule has 1 aliphatic heterocycles. The lowest BCUT2D eigenvalue weighted by molar-refractivity contribution is -0.123. The van der Waals surface area contributed by atoms with E-state index in [2.05, 4.69) is 5.32 Å². The fourth-order valence-corrected chi connectivity index (χ4v) is 5.70. The standard InChI is InChI=1S/C15H19FN2O3S2/c1-10-6-12(4-5-13(10)16)23(20,21)18-9-22-8-14(18)15(19)17-7-11-2-3-11/h4-6,11,14H,2-3,7-9H2,1H3,(H,17,19). The van der Waals surface area contributed by atoms with Crippen LogP contribution in [0.3, 0.4) is 0 Å². The minimum atomic E-state index is -3.81. The molecule has 0 radical (unpaired) electrons. The monoisotopic (exact) mass is 358 g/mol. The maximum atomic E-state index is 13.4. The molecule has 1 aromatic carbocycles. The van der Waals surface area contributed by atoms with E-state index in [9.17, 15) is 17.6 Å². The lowest BCUT2D eigenvalue weighted by Crippen LogP contribution is -2.47. The van der Waals surface area contributed by atoms with E-state index in [4.69, 9.17) is 0 Å². The lowest BCUT2D eigenvalue weighted by Gasteiger charge is -2.22. The van der Waals surface area contributed by atoms with Gasteiger partial charge in [-0.1, -0.05) is 0 Å². The third-order valence-corrected chi connectivity index (χ3v) is 7.17. The zero-order chi connectivity index (χ0) is 16.6. The van der Waals surface area contributed by atoms with Gasteiger partial charge in [0, 0.05) is 12.3 Å². The van der Waals surface area contributed by atoms with Gasteiger partial charge in [0.25, 0.3) is 0 Å². The van der Waals surface area contributed by atoms with Crippen molar-refractivity contribution in [3.05, 3.63) is 29.6 Å². The number of nitrogens with one attached hydrogen (secondary N) is 1. The molecule has 1 saturated carbocycles. The molecule has 1 atom stereocenters. The number of rotatable bonds is 5. The Labute approximate surface area is 139 Å². The van der Waals surface area contributed by atoms with Crippen molar-refractivity contribution in [3.63, 3.8) is 0 Å². The van der Waals surface area contributed by atoms with E-state index in [1.807, 2.05) is 0 Å². The van der Waals surface area contributed by atoms with Crippen molar-refractivity contribution in [2.75, 3.05) is 18.2 Å². The minimum absolute atomic E-state index is 0.0268. The summed E-state index contributed by atoms with van der Waals surface area (Å²) in [6, 6.07) is 3.01. The summed E-state index contributed by atoms with van der Waals surface area (Å²) < 4.78 is 40.1. The Kier molecular flexibility index (Phi) is 4.66. The normalized spacial score (nSPS) is 22.3. The van der Waals surface area contributed by atoms with Crippen molar-refractivity contribution in [2.45, 2.75) is 30.7 Å². The largest absolute Gasteiger partial charge is 0.354 e. The molecule has 8 heteroatoms. The average Bonchev–Trinajstić information content (AvgIpc) is 3.20. The van der Waals surface area contributed by atoms with E-state index in [0.717, 1.165) is 18.9 Å². The van der Waals surface area contributed by atoms with Gasteiger partial charge in [-0.2, -0.15) is 4.31 Å². The molecule has 126 valence electrons. The number of amides is 1. The Morgan fingerprint density at radius 1 is 1.43 bits per heavy atom. The van der Waals surface area contributed by atoms with Crippen LogP contribution >= 0.6 is 11.8 Å². The summed E-state index contributed by atoms with van der Waals surface area (Å²) in [6.45, 7) is 2.14. The molecule has 3 rings (SSSR count). The average molecular weight is 358 g/mol. The van der Waals surface area contributed by atoms with Crippen LogP contribution in [0, 0.1) is 18.7 Å². The summed E-state index contributed by atoms with van der Waals surface area (Å²) in [7, 11) is -3.81. The molecule has 1 aromatic rings. The van der Waals surface area contributed by atoms with E-state index in [1.54, 1.807) is 0 Å². The minimum Gasteiger partial charge on any atom is -0.354 e. The van der Waals surface area contributed by atoms with Crippen LogP contribution in [0.1, 0.15) is 18.4 Å². The SMILES string of the molecule is Cc1cc(S(=O)(=O)N2CSCC2C(=O)NCC2CC2)ccc1F. The maximum absolute atomic E-state index is 13.4. The van der Waals surface area contributed by atoms with Crippen molar-refractivity contribution in [3.8, 4) is 0 Å². The van der Waals surface area contributed by atoms with Gasteiger partial charge in [-0.3, -0.25) is 4.79 Å².